The maximum Gasteiger partial charge on any atom is 0.243 e. The highest BCUT2D eigenvalue weighted by molar-refractivity contribution is 7.89. The summed E-state index contributed by atoms with van der Waals surface area (Å²) < 4.78 is 31.1. The topological polar surface area (TPSA) is 66.8 Å². The van der Waals surface area contributed by atoms with Crippen LogP contribution in [0, 0.1) is 0 Å². The van der Waals surface area contributed by atoms with Gasteiger partial charge in [-0.3, -0.25) is 0 Å². The van der Waals surface area contributed by atoms with Gasteiger partial charge in [0.15, 0.2) is 0 Å². The lowest BCUT2D eigenvalue weighted by Gasteiger charge is -2.19. The Bertz CT molecular complexity index is 513. The van der Waals surface area contributed by atoms with E-state index in [4.69, 9.17) is 9.84 Å². The molecule has 5 nitrogen and oxygen atoms in total. The first-order chi connectivity index (χ1) is 8.97. The highest BCUT2D eigenvalue weighted by Gasteiger charge is 2.23. The monoisotopic (exact) mass is 287 g/mol. The number of rotatable bonds is 7. The Morgan fingerprint density at radius 1 is 1.37 bits per heavy atom. The second kappa shape index (κ2) is 7.00. The maximum absolute atomic E-state index is 12.5. The molecule has 0 aliphatic heterocycles. The van der Waals surface area contributed by atoms with Gasteiger partial charge in [-0.15, -0.1) is 0 Å². The zero-order valence-electron chi connectivity index (χ0n) is 11.6. The van der Waals surface area contributed by atoms with Crippen molar-refractivity contribution in [3.63, 3.8) is 0 Å². The number of benzene rings is 1. The summed E-state index contributed by atoms with van der Waals surface area (Å²) in [4.78, 5) is 0.264. The first-order valence-electron chi connectivity index (χ1n) is 6.15. The van der Waals surface area contributed by atoms with Crippen molar-refractivity contribution < 1.29 is 18.3 Å². The third-order valence-corrected chi connectivity index (χ3v) is 4.93. The predicted octanol–water partition coefficient (Wildman–Crippen LogP) is 1.01. The van der Waals surface area contributed by atoms with E-state index in [9.17, 15) is 8.42 Å². The summed E-state index contributed by atoms with van der Waals surface area (Å²) in [7, 11) is -0.485. The molecule has 0 saturated heterocycles. The first-order valence-corrected chi connectivity index (χ1v) is 7.59. The minimum atomic E-state index is -3.54. The van der Waals surface area contributed by atoms with Crippen molar-refractivity contribution in [2.24, 2.45) is 0 Å². The number of aryl methyl sites for hydroxylation is 1. The van der Waals surface area contributed by atoms with Gasteiger partial charge in [0.2, 0.25) is 10.0 Å². The largest absolute Gasteiger partial charge is 0.392 e. The number of aliphatic hydroxyl groups is 1. The van der Waals surface area contributed by atoms with E-state index in [1.807, 2.05) is 6.92 Å². The Morgan fingerprint density at radius 3 is 2.58 bits per heavy atom. The highest BCUT2D eigenvalue weighted by atomic mass is 32.2. The average Bonchev–Trinajstić information content (AvgIpc) is 2.43. The molecule has 0 amide bonds. The molecule has 1 N–H and O–H groups in total. The SMILES string of the molecule is CCc1ccc(CO)cc1S(=O)(=O)N(C)CCOC. The van der Waals surface area contributed by atoms with Crippen LogP contribution in [-0.2, 0) is 27.8 Å². The zero-order valence-corrected chi connectivity index (χ0v) is 12.4. The molecule has 0 saturated carbocycles. The number of sulfonamides is 1. The van der Waals surface area contributed by atoms with Crippen molar-refractivity contribution in [2.45, 2.75) is 24.8 Å². The fourth-order valence-electron chi connectivity index (χ4n) is 1.74. The summed E-state index contributed by atoms with van der Waals surface area (Å²) in [5.74, 6) is 0. The normalized spacial score (nSPS) is 12.1. The summed E-state index contributed by atoms with van der Waals surface area (Å²) in [6.07, 6.45) is 0.623. The van der Waals surface area contributed by atoms with Crippen molar-refractivity contribution in [1.29, 1.82) is 0 Å². The molecule has 0 bridgehead atoms. The molecular formula is C13H21NO4S. The van der Waals surface area contributed by atoms with Crippen LogP contribution in [0.15, 0.2) is 23.1 Å². The van der Waals surface area contributed by atoms with Gasteiger partial charge in [0, 0.05) is 20.7 Å². The van der Waals surface area contributed by atoms with E-state index in [0.717, 1.165) is 5.56 Å². The van der Waals surface area contributed by atoms with Crippen LogP contribution in [0.1, 0.15) is 18.1 Å². The standard InChI is InChI=1S/C13H21NO4S/c1-4-12-6-5-11(10-15)9-13(12)19(16,17)14(2)7-8-18-3/h5-6,9,15H,4,7-8,10H2,1-3H3. The summed E-state index contributed by atoms with van der Waals surface area (Å²) in [6, 6.07) is 5.03. The Balaban J connectivity index is 3.18. The van der Waals surface area contributed by atoms with E-state index in [-0.39, 0.29) is 11.5 Å². The van der Waals surface area contributed by atoms with Crippen molar-refractivity contribution in [2.75, 3.05) is 27.3 Å². The molecule has 1 rings (SSSR count). The van der Waals surface area contributed by atoms with Gasteiger partial charge < -0.3 is 9.84 Å². The molecule has 0 unspecified atom stereocenters. The number of hydrogen-bond acceptors (Lipinski definition) is 4. The summed E-state index contributed by atoms with van der Waals surface area (Å²) >= 11 is 0. The van der Waals surface area contributed by atoms with Crippen molar-refractivity contribution in [3.8, 4) is 0 Å². The van der Waals surface area contributed by atoms with Gasteiger partial charge in [-0.25, -0.2) is 8.42 Å². The highest BCUT2D eigenvalue weighted by Crippen LogP contribution is 2.21. The third-order valence-electron chi connectivity index (χ3n) is 2.99. The summed E-state index contributed by atoms with van der Waals surface area (Å²) in [5.41, 5.74) is 1.34. The molecule has 0 aliphatic rings. The Kier molecular flexibility index (Phi) is 5.93. The van der Waals surface area contributed by atoms with E-state index in [0.29, 0.717) is 25.1 Å². The van der Waals surface area contributed by atoms with Gasteiger partial charge in [-0.1, -0.05) is 19.1 Å². The molecule has 0 fully saturated rings. The number of aliphatic hydroxyl groups excluding tert-OH is 1. The van der Waals surface area contributed by atoms with Crippen LogP contribution < -0.4 is 0 Å². The number of hydrogen-bond donors (Lipinski definition) is 1. The van der Waals surface area contributed by atoms with Crippen LogP contribution in [0.4, 0.5) is 0 Å². The lowest BCUT2D eigenvalue weighted by Crippen LogP contribution is -2.30. The van der Waals surface area contributed by atoms with Gasteiger partial charge in [-0.2, -0.15) is 4.31 Å². The molecule has 1 aromatic carbocycles. The quantitative estimate of drug-likeness (QED) is 0.812. The second-order valence-corrected chi connectivity index (χ2v) is 6.29. The minimum Gasteiger partial charge on any atom is -0.392 e. The van der Waals surface area contributed by atoms with Gasteiger partial charge >= 0.3 is 0 Å². The van der Waals surface area contributed by atoms with Gasteiger partial charge in [0.25, 0.3) is 0 Å². The lowest BCUT2D eigenvalue weighted by atomic mass is 10.1. The van der Waals surface area contributed by atoms with Crippen LogP contribution in [0.5, 0.6) is 0 Å². The Morgan fingerprint density at radius 2 is 2.05 bits per heavy atom. The van der Waals surface area contributed by atoms with E-state index < -0.39 is 10.0 Å². The molecule has 0 spiro atoms. The number of methoxy groups -OCH3 is 1. The number of ether oxygens (including phenoxy) is 1. The maximum atomic E-state index is 12.5. The Labute approximate surface area is 114 Å². The average molecular weight is 287 g/mol. The van der Waals surface area contributed by atoms with Crippen molar-refractivity contribution in [3.05, 3.63) is 29.3 Å². The van der Waals surface area contributed by atoms with Gasteiger partial charge in [-0.05, 0) is 23.6 Å². The fourth-order valence-corrected chi connectivity index (χ4v) is 3.23. The molecule has 19 heavy (non-hydrogen) atoms. The molecule has 0 aliphatic carbocycles. The van der Waals surface area contributed by atoms with Crippen LogP contribution in [0.3, 0.4) is 0 Å². The van der Waals surface area contributed by atoms with Crippen LogP contribution in [-0.4, -0.2) is 45.1 Å². The third kappa shape index (κ3) is 3.76. The van der Waals surface area contributed by atoms with Crippen LogP contribution in [0.25, 0.3) is 0 Å². The van der Waals surface area contributed by atoms with Crippen molar-refractivity contribution >= 4 is 10.0 Å². The zero-order chi connectivity index (χ0) is 14.5. The van der Waals surface area contributed by atoms with Crippen molar-refractivity contribution in [1.82, 2.24) is 4.31 Å². The van der Waals surface area contributed by atoms with Gasteiger partial charge in [0.05, 0.1) is 18.1 Å². The first kappa shape index (κ1) is 16.1. The molecule has 0 aromatic heterocycles. The van der Waals surface area contributed by atoms with Gasteiger partial charge in [0.1, 0.15) is 0 Å². The second-order valence-electron chi connectivity index (χ2n) is 4.27. The molecule has 6 heteroatoms. The summed E-state index contributed by atoms with van der Waals surface area (Å²) in [6.45, 7) is 2.37. The smallest absolute Gasteiger partial charge is 0.243 e. The lowest BCUT2D eigenvalue weighted by molar-refractivity contribution is 0.185. The number of nitrogens with zero attached hydrogens (tertiary/aromatic N) is 1. The number of likely N-dealkylation sites (N-methyl/N-ethyl adjacent to an activating group) is 1. The molecule has 0 radical (unpaired) electrons. The van der Waals surface area contributed by atoms with E-state index in [1.165, 1.54) is 24.5 Å². The Hall–Kier alpha value is -0.950. The van der Waals surface area contributed by atoms with Crippen LogP contribution in [0.2, 0.25) is 0 Å². The van der Waals surface area contributed by atoms with Crippen LogP contribution >= 0.6 is 0 Å². The molecule has 108 valence electrons. The molecule has 1 aromatic rings. The fraction of sp³-hybridized carbons (Fsp3) is 0.538. The molecule has 0 atom stereocenters. The van der Waals surface area contributed by atoms with E-state index in [1.54, 1.807) is 12.1 Å². The van der Waals surface area contributed by atoms with E-state index in [2.05, 4.69) is 0 Å². The predicted molar refractivity (Wildman–Crippen MR) is 73.4 cm³/mol. The van der Waals surface area contributed by atoms with E-state index >= 15 is 0 Å². The minimum absolute atomic E-state index is 0.172. The summed E-state index contributed by atoms with van der Waals surface area (Å²) in [5, 5.41) is 9.14. The molecule has 0 heterocycles. The molecular weight excluding hydrogens is 266 g/mol.